The molecule has 1 amide bonds. The van der Waals surface area contributed by atoms with Crippen LogP contribution in [0, 0.1) is 0 Å². The van der Waals surface area contributed by atoms with Gasteiger partial charge in [0.15, 0.2) is 5.70 Å². The topological polar surface area (TPSA) is 41.8 Å². The second-order valence-corrected chi connectivity index (χ2v) is 8.06. The molecular formula is C16H19F3N2OS. The Labute approximate surface area is 134 Å². The Morgan fingerprint density at radius 3 is 2.39 bits per heavy atom. The molecule has 0 fully saturated rings. The van der Waals surface area contributed by atoms with Crippen molar-refractivity contribution in [1.82, 2.24) is 0 Å². The van der Waals surface area contributed by atoms with Crippen LogP contribution in [0.15, 0.2) is 50.8 Å². The van der Waals surface area contributed by atoms with Crippen LogP contribution in [0.4, 0.5) is 13.2 Å². The summed E-state index contributed by atoms with van der Waals surface area (Å²) < 4.78 is 47.1. The summed E-state index contributed by atoms with van der Waals surface area (Å²) in [7, 11) is -2.39. The maximum absolute atomic E-state index is 13.0. The van der Waals surface area contributed by atoms with Gasteiger partial charge in [-0.05, 0) is 21.6 Å². The fourth-order valence-corrected chi connectivity index (χ4v) is 5.13. The van der Waals surface area contributed by atoms with Gasteiger partial charge >= 0.3 is 6.18 Å². The zero-order valence-corrected chi connectivity index (χ0v) is 13.7. The summed E-state index contributed by atoms with van der Waals surface area (Å²) in [4.78, 5) is 11.8. The van der Waals surface area contributed by atoms with E-state index < -0.39 is 27.4 Å². The van der Waals surface area contributed by atoms with Crippen LogP contribution >= 0.6 is 0 Å². The van der Waals surface area contributed by atoms with Gasteiger partial charge in [0, 0.05) is 17.6 Å². The first-order chi connectivity index (χ1) is 10.8. The summed E-state index contributed by atoms with van der Waals surface area (Å²) in [5.41, 5.74) is -0.248. The van der Waals surface area contributed by atoms with Crippen LogP contribution in [0.2, 0.25) is 0 Å². The summed E-state index contributed by atoms with van der Waals surface area (Å²) in [5, 5.41) is 0. The lowest BCUT2D eigenvalue weighted by molar-refractivity contribution is -0.115. The molecule has 7 heteroatoms. The predicted octanol–water partition coefficient (Wildman–Crippen LogP) is 4.88. The summed E-state index contributed by atoms with van der Waals surface area (Å²) in [6.45, 7) is 2.01. The van der Waals surface area contributed by atoms with Gasteiger partial charge in [0.05, 0.1) is 0 Å². The van der Waals surface area contributed by atoms with Gasteiger partial charge in [-0.2, -0.15) is 17.5 Å². The zero-order chi connectivity index (χ0) is 16.9. The van der Waals surface area contributed by atoms with Gasteiger partial charge in [0.1, 0.15) is 0 Å². The van der Waals surface area contributed by atoms with Gasteiger partial charge in [0.2, 0.25) is 0 Å². The van der Waals surface area contributed by atoms with Crippen molar-refractivity contribution in [3.63, 3.8) is 0 Å². The Morgan fingerprint density at radius 1 is 1.09 bits per heavy atom. The van der Waals surface area contributed by atoms with Crippen molar-refractivity contribution in [2.24, 2.45) is 8.73 Å². The summed E-state index contributed by atoms with van der Waals surface area (Å²) in [5.74, 6) is -0.138. The first kappa shape index (κ1) is 17.7. The molecule has 23 heavy (non-hydrogen) atoms. The minimum absolute atomic E-state index is 0.275. The average Bonchev–Trinajstić information content (AvgIpc) is 2.47. The molecule has 1 heterocycles. The van der Waals surface area contributed by atoms with Crippen molar-refractivity contribution in [3.05, 3.63) is 47.7 Å². The normalized spacial score (nSPS) is 21.4. The molecule has 1 unspecified atom stereocenters. The number of unbranched alkanes of at least 4 members (excludes halogenated alkanes) is 2. The highest BCUT2D eigenvalue weighted by Crippen LogP contribution is 2.32. The van der Waals surface area contributed by atoms with Crippen LogP contribution in [0.3, 0.4) is 0 Å². The van der Waals surface area contributed by atoms with Crippen LogP contribution in [0.5, 0.6) is 0 Å². The monoisotopic (exact) mass is 344 g/mol. The van der Waals surface area contributed by atoms with E-state index in [1.807, 2.05) is 37.3 Å². The van der Waals surface area contributed by atoms with Gasteiger partial charge in [-0.1, -0.05) is 50.1 Å². The fourth-order valence-electron chi connectivity index (χ4n) is 2.33. The summed E-state index contributed by atoms with van der Waals surface area (Å²) >= 11 is 0. The quantitative estimate of drug-likeness (QED) is 0.678. The van der Waals surface area contributed by atoms with E-state index in [1.165, 1.54) is 0 Å². The number of hydrogen-bond acceptors (Lipinski definition) is 2. The first-order valence-electron chi connectivity index (χ1n) is 7.46. The Hall–Kier alpha value is -1.63. The van der Waals surface area contributed by atoms with E-state index in [2.05, 4.69) is 8.73 Å². The van der Waals surface area contributed by atoms with Crippen LogP contribution < -0.4 is 0 Å². The number of benzene rings is 1. The molecule has 0 aliphatic carbocycles. The number of nitrogens with zero attached hydrogens (tertiary/aromatic N) is 2. The number of carbonyl (C=O) groups excluding carboxylic acids is 1. The minimum atomic E-state index is -4.62. The number of halogens is 3. The molecule has 1 aromatic rings. The molecule has 0 spiro atoms. The fraction of sp³-hybridized carbons (Fsp3) is 0.438. The number of alkyl halides is 3. The number of carbonyl (C=O) groups is 1. The largest absolute Gasteiger partial charge is 0.434 e. The lowest BCUT2D eigenvalue weighted by Gasteiger charge is -2.20. The molecule has 0 radical (unpaired) electrons. The Kier molecular flexibility index (Phi) is 5.62. The highest BCUT2D eigenvalue weighted by atomic mass is 32.2. The molecule has 1 atom stereocenters. The van der Waals surface area contributed by atoms with Crippen LogP contribution in [0.25, 0.3) is 0 Å². The number of hydrogen-bond donors (Lipinski definition) is 0. The highest BCUT2D eigenvalue weighted by Gasteiger charge is 2.37. The van der Waals surface area contributed by atoms with Crippen molar-refractivity contribution in [3.8, 4) is 0 Å². The van der Waals surface area contributed by atoms with Crippen molar-refractivity contribution in [2.75, 3.05) is 5.75 Å². The molecular weight excluding hydrogens is 325 g/mol. The maximum atomic E-state index is 13.0. The van der Waals surface area contributed by atoms with Gasteiger partial charge < -0.3 is 0 Å². The Bertz CT molecular complexity index is 715. The van der Waals surface area contributed by atoms with E-state index in [-0.39, 0.29) is 5.75 Å². The lowest BCUT2D eigenvalue weighted by Crippen LogP contribution is -2.20. The molecule has 0 aromatic heterocycles. The minimum Gasteiger partial charge on any atom is -0.267 e. The maximum Gasteiger partial charge on any atom is 0.434 e. The van der Waals surface area contributed by atoms with Crippen molar-refractivity contribution < 1.29 is 18.0 Å². The third kappa shape index (κ3) is 4.92. The second-order valence-electron chi connectivity index (χ2n) is 5.39. The average molecular weight is 344 g/mol. The van der Waals surface area contributed by atoms with E-state index >= 15 is 0 Å². The van der Waals surface area contributed by atoms with Gasteiger partial charge in [0.25, 0.3) is 5.91 Å². The number of amides is 1. The van der Waals surface area contributed by atoms with Crippen molar-refractivity contribution in [1.29, 1.82) is 0 Å². The molecule has 0 bridgehead atoms. The molecule has 126 valence electrons. The Morgan fingerprint density at radius 2 is 1.78 bits per heavy atom. The van der Waals surface area contributed by atoms with E-state index in [4.69, 9.17) is 0 Å². The zero-order valence-electron chi connectivity index (χ0n) is 12.8. The molecule has 0 saturated carbocycles. The van der Waals surface area contributed by atoms with E-state index in [9.17, 15) is 18.0 Å². The standard InChI is InChI=1S/C16H19F3N2OS/c1-2-3-7-10-23(12-13-8-5-4-6-9-13)20-14(16(17,18)19)11-15(22)21-23/h4-6,8-9,11H,2-3,7,10,12H2,1H3. The molecule has 1 aliphatic rings. The smallest absolute Gasteiger partial charge is 0.267 e. The van der Waals surface area contributed by atoms with Gasteiger partial charge in [-0.3, -0.25) is 4.79 Å². The van der Waals surface area contributed by atoms with E-state index in [0.29, 0.717) is 18.2 Å². The van der Waals surface area contributed by atoms with Crippen LogP contribution in [-0.2, 0) is 20.2 Å². The van der Waals surface area contributed by atoms with Crippen molar-refractivity contribution in [2.45, 2.75) is 38.1 Å². The van der Waals surface area contributed by atoms with Crippen molar-refractivity contribution >= 4 is 15.5 Å². The van der Waals surface area contributed by atoms with Crippen LogP contribution in [0.1, 0.15) is 31.7 Å². The third-order valence-corrected chi connectivity index (χ3v) is 6.19. The first-order valence-corrected chi connectivity index (χ1v) is 9.34. The molecule has 3 nitrogen and oxygen atoms in total. The summed E-state index contributed by atoms with van der Waals surface area (Å²) in [6, 6.07) is 9.13. The van der Waals surface area contributed by atoms with Gasteiger partial charge in [-0.15, -0.1) is 0 Å². The Balaban J connectivity index is 2.45. The van der Waals surface area contributed by atoms with E-state index in [1.54, 1.807) is 0 Å². The van der Waals surface area contributed by atoms with Gasteiger partial charge in [-0.25, -0.2) is 4.36 Å². The summed E-state index contributed by atoms with van der Waals surface area (Å²) in [6.07, 6.45) is -1.59. The SMILES string of the molecule is CCCCCS1(Cc2ccccc2)=NC(=O)C=C(C(F)(F)F)N=1. The van der Waals surface area contributed by atoms with Crippen LogP contribution in [-0.4, -0.2) is 17.8 Å². The number of allylic oxidation sites excluding steroid dienone is 1. The second kappa shape index (κ2) is 7.29. The molecule has 2 rings (SSSR count). The number of rotatable bonds is 6. The predicted molar refractivity (Wildman–Crippen MR) is 85.9 cm³/mol. The molecule has 1 aliphatic heterocycles. The molecule has 0 saturated heterocycles. The molecule has 0 N–H and O–H groups in total. The lowest BCUT2D eigenvalue weighted by atomic mass is 10.2. The highest BCUT2D eigenvalue weighted by molar-refractivity contribution is 7.95. The molecule has 1 aromatic carbocycles. The van der Waals surface area contributed by atoms with E-state index in [0.717, 1.165) is 18.4 Å². The third-order valence-electron chi connectivity index (χ3n) is 3.39.